The van der Waals surface area contributed by atoms with Crippen LogP contribution in [-0.4, -0.2) is 46.0 Å². The summed E-state index contributed by atoms with van der Waals surface area (Å²) in [5.74, 6) is -0.673. The van der Waals surface area contributed by atoms with E-state index in [1.165, 1.54) is 11.6 Å². The standard InChI is InChI=1S/C8H14N4O4S/c1-6(17(2,15)16)8-9-10-11-12(8)5-3-4-7(13)14/h6H,3-5H2,1-2H3,(H,13,14). The van der Waals surface area contributed by atoms with Gasteiger partial charge >= 0.3 is 5.97 Å². The molecule has 17 heavy (non-hydrogen) atoms. The summed E-state index contributed by atoms with van der Waals surface area (Å²) in [5.41, 5.74) is 0. The number of tetrazole rings is 1. The van der Waals surface area contributed by atoms with Gasteiger partial charge in [0, 0.05) is 19.2 Å². The minimum absolute atomic E-state index is 0.00738. The maximum absolute atomic E-state index is 11.4. The second-order valence-corrected chi connectivity index (χ2v) is 6.10. The Balaban J connectivity index is 2.76. The van der Waals surface area contributed by atoms with Crippen LogP contribution in [0.1, 0.15) is 30.8 Å². The van der Waals surface area contributed by atoms with Crippen LogP contribution in [0, 0.1) is 0 Å². The molecule has 1 aromatic heterocycles. The van der Waals surface area contributed by atoms with Gasteiger partial charge in [-0.2, -0.15) is 0 Å². The Hall–Kier alpha value is -1.51. The van der Waals surface area contributed by atoms with Gasteiger partial charge in [0.2, 0.25) is 0 Å². The summed E-state index contributed by atoms with van der Waals surface area (Å²) in [6.07, 6.45) is 1.45. The molecule has 8 nitrogen and oxygen atoms in total. The van der Waals surface area contributed by atoms with Crippen molar-refractivity contribution in [3.8, 4) is 0 Å². The van der Waals surface area contributed by atoms with Gasteiger partial charge in [-0.05, 0) is 23.8 Å². The van der Waals surface area contributed by atoms with E-state index in [0.717, 1.165) is 6.26 Å². The normalized spacial score (nSPS) is 13.5. The first-order valence-electron chi connectivity index (χ1n) is 4.99. The highest BCUT2D eigenvalue weighted by Crippen LogP contribution is 2.17. The van der Waals surface area contributed by atoms with Crippen LogP contribution < -0.4 is 0 Å². The monoisotopic (exact) mass is 262 g/mol. The molecule has 0 aliphatic rings. The van der Waals surface area contributed by atoms with Gasteiger partial charge < -0.3 is 5.11 Å². The number of nitrogens with zero attached hydrogens (tertiary/aromatic N) is 4. The Kier molecular flexibility index (Phi) is 4.16. The number of aromatic nitrogens is 4. The van der Waals surface area contributed by atoms with Crippen LogP contribution in [0.25, 0.3) is 0 Å². The highest BCUT2D eigenvalue weighted by molar-refractivity contribution is 7.90. The number of carboxylic acids is 1. The Bertz CT molecular complexity index is 495. The van der Waals surface area contributed by atoms with Gasteiger partial charge in [-0.3, -0.25) is 4.79 Å². The Morgan fingerprint density at radius 2 is 2.18 bits per heavy atom. The molecule has 96 valence electrons. The fourth-order valence-electron chi connectivity index (χ4n) is 1.23. The zero-order chi connectivity index (χ0) is 13.1. The van der Waals surface area contributed by atoms with E-state index in [0.29, 0.717) is 6.42 Å². The lowest BCUT2D eigenvalue weighted by Gasteiger charge is -2.08. The van der Waals surface area contributed by atoms with Crippen molar-refractivity contribution in [3.63, 3.8) is 0 Å². The molecule has 1 atom stereocenters. The lowest BCUT2D eigenvalue weighted by atomic mass is 10.3. The molecule has 1 unspecified atom stereocenters. The topological polar surface area (TPSA) is 115 Å². The first-order chi connectivity index (χ1) is 7.82. The number of hydrogen-bond acceptors (Lipinski definition) is 6. The largest absolute Gasteiger partial charge is 0.481 e. The summed E-state index contributed by atoms with van der Waals surface area (Å²) in [6, 6.07) is 0. The number of carbonyl (C=O) groups is 1. The van der Waals surface area contributed by atoms with E-state index in [1.807, 2.05) is 0 Å². The molecule has 0 saturated carbocycles. The van der Waals surface area contributed by atoms with Crippen LogP contribution in [0.2, 0.25) is 0 Å². The third-order valence-corrected chi connectivity index (χ3v) is 3.82. The summed E-state index contributed by atoms with van der Waals surface area (Å²) in [6.45, 7) is 1.78. The Morgan fingerprint density at radius 3 is 2.71 bits per heavy atom. The molecule has 1 heterocycles. The molecule has 1 N–H and O–H groups in total. The molecule has 0 aromatic carbocycles. The molecule has 1 aromatic rings. The molecular weight excluding hydrogens is 248 g/mol. The highest BCUT2D eigenvalue weighted by Gasteiger charge is 2.23. The third-order valence-electron chi connectivity index (χ3n) is 2.33. The molecule has 0 fully saturated rings. The minimum Gasteiger partial charge on any atom is -0.481 e. The maximum atomic E-state index is 11.4. The first-order valence-corrected chi connectivity index (χ1v) is 6.94. The van der Waals surface area contributed by atoms with Gasteiger partial charge in [-0.1, -0.05) is 0 Å². The van der Waals surface area contributed by atoms with Crippen LogP contribution in [0.15, 0.2) is 0 Å². The van der Waals surface area contributed by atoms with Gasteiger partial charge in [-0.15, -0.1) is 5.10 Å². The average molecular weight is 262 g/mol. The number of aryl methyl sites for hydroxylation is 1. The van der Waals surface area contributed by atoms with Crippen molar-refractivity contribution in [1.29, 1.82) is 0 Å². The fraction of sp³-hybridized carbons (Fsp3) is 0.750. The van der Waals surface area contributed by atoms with Gasteiger partial charge in [0.1, 0.15) is 5.25 Å². The molecule has 0 amide bonds. The summed E-state index contributed by atoms with van der Waals surface area (Å²) in [4.78, 5) is 10.3. The zero-order valence-electron chi connectivity index (χ0n) is 9.57. The summed E-state index contributed by atoms with van der Waals surface area (Å²) < 4.78 is 24.0. The van der Waals surface area contributed by atoms with E-state index >= 15 is 0 Å². The minimum atomic E-state index is -3.27. The SMILES string of the molecule is CC(c1nnnn1CCCC(=O)O)S(C)(=O)=O. The summed E-state index contributed by atoms with van der Waals surface area (Å²) in [7, 11) is -3.27. The van der Waals surface area contributed by atoms with Crippen LogP contribution in [-0.2, 0) is 21.2 Å². The molecule has 0 spiro atoms. The molecule has 0 aliphatic carbocycles. The van der Waals surface area contributed by atoms with Crippen LogP contribution in [0.5, 0.6) is 0 Å². The van der Waals surface area contributed by atoms with Crippen molar-refractivity contribution in [3.05, 3.63) is 5.82 Å². The van der Waals surface area contributed by atoms with Gasteiger partial charge in [0.25, 0.3) is 0 Å². The Morgan fingerprint density at radius 1 is 1.53 bits per heavy atom. The van der Waals surface area contributed by atoms with E-state index < -0.39 is 21.1 Å². The van der Waals surface area contributed by atoms with E-state index in [-0.39, 0.29) is 18.8 Å². The first kappa shape index (κ1) is 13.6. The molecule has 1 rings (SSSR count). The van der Waals surface area contributed by atoms with Crippen molar-refractivity contribution in [2.24, 2.45) is 0 Å². The van der Waals surface area contributed by atoms with Gasteiger partial charge in [-0.25, -0.2) is 13.1 Å². The number of aliphatic carboxylic acids is 1. The van der Waals surface area contributed by atoms with E-state index in [9.17, 15) is 13.2 Å². The second-order valence-electron chi connectivity index (χ2n) is 3.73. The smallest absolute Gasteiger partial charge is 0.303 e. The van der Waals surface area contributed by atoms with Crippen molar-refractivity contribution in [2.45, 2.75) is 31.6 Å². The molecule has 9 heteroatoms. The van der Waals surface area contributed by atoms with Crippen LogP contribution >= 0.6 is 0 Å². The lowest BCUT2D eigenvalue weighted by Crippen LogP contribution is -2.15. The van der Waals surface area contributed by atoms with Gasteiger partial charge in [0.05, 0.1) is 0 Å². The fourth-order valence-corrected chi connectivity index (χ4v) is 1.79. The zero-order valence-corrected chi connectivity index (χ0v) is 10.4. The second kappa shape index (κ2) is 5.21. The van der Waals surface area contributed by atoms with Crippen LogP contribution in [0.4, 0.5) is 0 Å². The van der Waals surface area contributed by atoms with E-state index in [1.54, 1.807) is 0 Å². The quantitative estimate of drug-likeness (QED) is 0.744. The van der Waals surface area contributed by atoms with Crippen molar-refractivity contribution >= 4 is 15.8 Å². The Labute approximate surface area is 98.6 Å². The number of sulfone groups is 1. The predicted molar refractivity (Wildman–Crippen MR) is 57.9 cm³/mol. The number of rotatable bonds is 6. The summed E-state index contributed by atoms with van der Waals surface area (Å²) in [5, 5.41) is 18.4. The van der Waals surface area contributed by atoms with Crippen LogP contribution in [0.3, 0.4) is 0 Å². The average Bonchev–Trinajstić information content (AvgIpc) is 2.62. The van der Waals surface area contributed by atoms with Gasteiger partial charge in [0.15, 0.2) is 15.7 Å². The molecular formula is C8H14N4O4S. The molecule has 0 bridgehead atoms. The van der Waals surface area contributed by atoms with E-state index in [2.05, 4.69) is 15.5 Å². The van der Waals surface area contributed by atoms with Crippen molar-refractivity contribution in [1.82, 2.24) is 20.2 Å². The molecule has 0 saturated heterocycles. The summed E-state index contributed by atoms with van der Waals surface area (Å²) >= 11 is 0. The predicted octanol–water partition coefficient (Wildman–Crippen LogP) is -0.356. The molecule has 0 aliphatic heterocycles. The number of carboxylic acid groups (broad SMARTS) is 1. The molecule has 0 radical (unpaired) electrons. The third kappa shape index (κ3) is 3.77. The van der Waals surface area contributed by atoms with Crippen molar-refractivity contribution in [2.75, 3.05) is 6.26 Å². The number of hydrogen-bond donors (Lipinski definition) is 1. The maximum Gasteiger partial charge on any atom is 0.303 e. The highest BCUT2D eigenvalue weighted by atomic mass is 32.2. The van der Waals surface area contributed by atoms with Crippen molar-refractivity contribution < 1.29 is 18.3 Å². The van der Waals surface area contributed by atoms with E-state index in [4.69, 9.17) is 5.11 Å². The lowest BCUT2D eigenvalue weighted by molar-refractivity contribution is -0.137.